The maximum Gasteiger partial charge on any atom is 0.488 e. The molecule has 0 aliphatic rings. The number of anilines is 1. The van der Waals surface area contributed by atoms with Crippen LogP contribution in [0.25, 0.3) is 0 Å². The first-order valence-corrected chi connectivity index (χ1v) is 13.3. The quantitative estimate of drug-likeness (QED) is 0.111. The van der Waals surface area contributed by atoms with Crippen LogP contribution in [0.1, 0.15) is 29.5 Å². The molecule has 0 heterocycles. The summed E-state index contributed by atoms with van der Waals surface area (Å²) in [5.74, 6) is -2.39. The molecule has 0 unspecified atom stereocenters. The largest absolute Gasteiger partial charge is 0.488 e. The first-order valence-electron chi connectivity index (χ1n) is 13.3. The van der Waals surface area contributed by atoms with E-state index in [1.54, 1.807) is 0 Å². The standard InChI is InChI=1S/C26H33BF6N6O5/c28-25(29,30)16-3-1-15(2-4-16)11-21(38-23(41)20(36)5-6-22(40)39(9-7-34)10-8-35)24(42)37-19-13-17(26(31,32)33)12-18(14-19)27(43)44/h1-4,12-14,20-21,43-44H,5-11,34-36H2,(H,37,42)(H,38,41)/t20-,21+/m0/s1. The number of benzene rings is 2. The van der Waals surface area contributed by atoms with Gasteiger partial charge in [-0.25, -0.2) is 0 Å². The number of rotatable bonds is 14. The zero-order chi connectivity index (χ0) is 33.2. The molecule has 11 nitrogen and oxygen atoms in total. The van der Waals surface area contributed by atoms with Gasteiger partial charge in [-0.3, -0.25) is 14.4 Å². The first-order chi connectivity index (χ1) is 20.5. The molecule has 2 atom stereocenters. The van der Waals surface area contributed by atoms with Gasteiger partial charge in [0.1, 0.15) is 6.04 Å². The molecule has 0 radical (unpaired) electrons. The lowest BCUT2D eigenvalue weighted by molar-refractivity contribution is -0.138. The summed E-state index contributed by atoms with van der Waals surface area (Å²) in [6.07, 6.45) is -10.3. The van der Waals surface area contributed by atoms with E-state index in [4.69, 9.17) is 17.2 Å². The minimum Gasteiger partial charge on any atom is -0.423 e. The van der Waals surface area contributed by atoms with E-state index in [1.807, 2.05) is 0 Å². The molecule has 3 amide bonds. The molecule has 0 spiro atoms. The van der Waals surface area contributed by atoms with E-state index >= 15 is 0 Å². The van der Waals surface area contributed by atoms with Gasteiger partial charge in [0.15, 0.2) is 0 Å². The third-order valence-electron chi connectivity index (χ3n) is 6.36. The SMILES string of the molecule is NCCN(CCN)C(=O)CC[C@H](N)C(=O)N[C@H](Cc1ccc(C(F)(F)F)cc1)C(=O)Nc1cc(B(O)O)cc(C(F)(F)F)c1. The van der Waals surface area contributed by atoms with Crippen molar-refractivity contribution >= 4 is 36.0 Å². The lowest BCUT2D eigenvalue weighted by Crippen LogP contribution is -2.51. The Morgan fingerprint density at radius 3 is 1.93 bits per heavy atom. The Labute approximate surface area is 248 Å². The number of nitrogens with one attached hydrogen (secondary N) is 2. The Morgan fingerprint density at radius 2 is 1.43 bits per heavy atom. The van der Waals surface area contributed by atoms with Gasteiger partial charge < -0.3 is 42.8 Å². The van der Waals surface area contributed by atoms with Gasteiger partial charge in [-0.2, -0.15) is 26.3 Å². The van der Waals surface area contributed by atoms with Gasteiger partial charge in [-0.1, -0.05) is 18.2 Å². The zero-order valence-electron chi connectivity index (χ0n) is 23.3. The molecule has 0 aliphatic heterocycles. The van der Waals surface area contributed by atoms with Gasteiger partial charge in [0.2, 0.25) is 17.7 Å². The van der Waals surface area contributed by atoms with Crippen molar-refractivity contribution in [1.29, 1.82) is 0 Å². The average Bonchev–Trinajstić information content (AvgIpc) is 2.94. The maximum absolute atomic E-state index is 13.4. The number of carbonyl (C=O) groups is 3. The van der Waals surface area contributed by atoms with Gasteiger partial charge in [0, 0.05) is 44.7 Å². The fourth-order valence-corrected chi connectivity index (χ4v) is 4.06. The summed E-state index contributed by atoms with van der Waals surface area (Å²) in [6, 6.07) is 2.56. The smallest absolute Gasteiger partial charge is 0.423 e. The number of carbonyl (C=O) groups excluding carboxylic acids is 3. The van der Waals surface area contributed by atoms with Gasteiger partial charge in [0.05, 0.1) is 17.2 Å². The fourth-order valence-electron chi connectivity index (χ4n) is 4.06. The highest BCUT2D eigenvalue weighted by Gasteiger charge is 2.33. The minimum atomic E-state index is -4.92. The average molecular weight is 634 g/mol. The summed E-state index contributed by atoms with van der Waals surface area (Å²) >= 11 is 0. The summed E-state index contributed by atoms with van der Waals surface area (Å²) in [6.45, 7) is 0.780. The molecule has 2 aromatic rings. The van der Waals surface area contributed by atoms with E-state index in [1.165, 1.54) is 4.90 Å². The Morgan fingerprint density at radius 1 is 0.864 bits per heavy atom. The van der Waals surface area contributed by atoms with Crippen LogP contribution in [-0.4, -0.2) is 78.1 Å². The topological polar surface area (TPSA) is 197 Å². The van der Waals surface area contributed by atoms with Gasteiger partial charge in [-0.15, -0.1) is 0 Å². The fraction of sp³-hybridized carbons (Fsp3) is 0.423. The number of alkyl halides is 6. The number of nitrogens with two attached hydrogens (primary N) is 3. The minimum absolute atomic E-state index is 0.150. The highest BCUT2D eigenvalue weighted by Crippen LogP contribution is 2.31. The Hall–Kier alpha value is -3.71. The maximum atomic E-state index is 13.4. The van der Waals surface area contributed by atoms with E-state index in [-0.39, 0.29) is 50.5 Å². The first kappa shape index (κ1) is 36.5. The van der Waals surface area contributed by atoms with Crippen molar-refractivity contribution in [3.63, 3.8) is 0 Å². The van der Waals surface area contributed by atoms with Crippen LogP contribution in [0.15, 0.2) is 42.5 Å². The summed E-state index contributed by atoms with van der Waals surface area (Å²) in [5.41, 5.74) is 13.7. The molecule has 10 N–H and O–H groups in total. The normalized spacial score (nSPS) is 13.2. The molecule has 2 aromatic carbocycles. The van der Waals surface area contributed by atoms with Crippen LogP contribution in [0.4, 0.5) is 32.0 Å². The number of nitrogens with zero attached hydrogens (tertiary/aromatic N) is 1. The predicted molar refractivity (Wildman–Crippen MR) is 149 cm³/mol. The molecular formula is C26H33BF6N6O5. The van der Waals surface area contributed by atoms with E-state index in [9.17, 15) is 50.8 Å². The molecule has 242 valence electrons. The molecular weight excluding hydrogens is 601 g/mol. The molecule has 0 fully saturated rings. The third-order valence-corrected chi connectivity index (χ3v) is 6.36. The summed E-state index contributed by atoms with van der Waals surface area (Å²) in [7, 11) is -2.32. The lowest BCUT2D eigenvalue weighted by Gasteiger charge is -2.23. The number of amides is 3. The summed E-state index contributed by atoms with van der Waals surface area (Å²) in [4.78, 5) is 40.0. The molecule has 18 heteroatoms. The van der Waals surface area contributed by atoms with Crippen molar-refractivity contribution in [2.75, 3.05) is 31.5 Å². The van der Waals surface area contributed by atoms with E-state index in [0.29, 0.717) is 12.1 Å². The van der Waals surface area contributed by atoms with Crippen LogP contribution in [-0.2, 0) is 33.2 Å². The second-order valence-corrected chi connectivity index (χ2v) is 9.77. The second kappa shape index (κ2) is 15.9. The van der Waals surface area contributed by atoms with Crippen molar-refractivity contribution < 1.29 is 50.8 Å². The van der Waals surface area contributed by atoms with Crippen LogP contribution >= 0.6 is 0 Å². The van der Waals surface area contributed by atoms with Crippen molar-refractivity contribution in [3.05, 3.63) is 59.2 Å². The Balaban J connectivity index is 2.29. The van der Waals surface area contributed by atoms with Crippen LogP contribution in [0.2, 0.25) is 0 Å². The van der Waals surface area contributed by atoms with Crippen LogP contribution in [0.5, 0.6) is 0 Å². The lowest BCUT2D eigenvalue weighted by atomic mass is 9.79. The molecule has 0 saturated heterocycles. The van der Waals surface area contributed by atoms with Crippen LogP contribution in [0, 0.1) is 0 Å². The summed E-state index contributed by atoms with van der Waals surface area (Å²) < 4.78 is 79.1. The second-order valence-electron chi connectivity index (χ2n) is 9.77. The highest BCUT2D eigenvalue weighted by atomic mass is 19.4. The van der Waals surface area contributed by atoms with E-state index in [2.05, 4.69) is 10.6 Å². The van der Waals surface area contributed by atoms with Gasteiger partial charge in [-0.05, 0) is 41.7 Å². The molecule has 0 saturated carbocycles. The van der Waals surface area contributed by atoms with Crippen molar-refractivity contribution in [2.45, 2.75) is 43.7 Å². The predicted octanol–water partition coefficient (Wildman–Crippen LogP) is -0.0765. The van der Waals surface area contributed by atoms with Gasteiger partial charge >= 0.3 is 19.5 Å². The molecule has 0 aromatic heterocycles. The number of hydrogen-bond donors (Lipinski definition) is 7. The molecule has 2 rings (SSSR count). The number of hydrogen-bond acceptors (Lipinski definition) is 8. The Kier molecular flexibility index (Phi) is 13.1. The van der Waals surface area contributed by atoms with Crippen LogP contribution < -0.4 is 33.3 Å². The molecule has 0 bridgehead atoms. The summed E-state index contributed by atoms with van der Waals surface area (Å²) in [5, 5.41) is 23.3. The van der Waals surface area contributed by atoms with E-state index in [0.717, 1.165) is 30.3 Å². The van der Waals surface area contributed by atoms with Gasteiger partial charge in [0.25, 0.3) is 0 Å². The molecule has 0 aliphatic carbocycles. The van der Waals surface area contributed by atoms with Crippen molar-refractivity contribution in [1.82, 2.24) is 10.2 Å². The van der Waals surface area contributed by atoms with E-state index < -0.39 is 72.1 Å². The number of halogens is 6. The van der Waals surface area contributed by atoms with Crippen LogP contribution in [0.3, 0.4) is 0 Å². The van der Waals surface area contributed by atoms with Crippen molar-refractivity contribution in [2.24, 2.45) is 17.2 Å². The molecule has 44 heavy (non-hydrogen) atoms. The highest BCUT2D eigenvalue weighted by molar-refractivity contribution is 6.58. The monoisotopic (exact) mass is 634 g/mol. The third kappa shape index (κ3) is 11.1. The van der Waals surface area contributed by atoms with Crippen molar-refractivity contribution in [3.8, 4) is 0 Å². The Bertz CT molecular complexity index is 1270. The zero-order valence-corrected chi connectivity index (χ0v) is 23.3.